The molecule has 120 valence electrons. The number of hydrogen-bond acceptors (Lipinski definition) is 5. The highest BCUT2D eigenvalue weighted by Crippen LogP contribution is 2.48. The van der Waals surface area contributed by atoms with E-state index in [1.165, 1.54) is 0 Å². The third-order valence-corrected chi connectivity index (χ3v) is 4.59. The van der Waals surface area contributed by atoms with Gasteiger partial charge < -0.3 is 15.5 Å². The fraction of sp³-hybridized carbons (Fsp3) is 0.294. The molecule has 1 saturated carbocycles. The zero-order chi connectivity index (χ0) is 16.4. The Kier molecular flexibility index (Phi) is 4.35. The fourth-order valence-electron chi connectivity index (χ4n) is 2.69. The molecule has 0 bridgehead atoms. The Morgan fingerprint density at radius 3 is 2.48 bits per heavy atom. The molecule has 5 nitrogen and oxygen atoms in total. The maximum Gasteiger partial charge on any atom is 0.175 e. The van der Waals surface area contributed by atoms with E-state index in [0.29, 0.717) is 22.2 Å². The van der Waals surface area contributed by atoms with Gasteiger partial charge in [0.2, 0.25) is 0 Å². The summed E-state index contributed by atoms with van der Waals surface area (Å²) in [5, 5.41) is 21.7. The molecular weight excluding hydrogens is 314 g/mol. The normalized spacial score (nSPS) is 15.3. The van der Waals surface area contributed by atoms with Crippen LogP contribution in [0.1, 0.15) is 18.4 Å². The van der Waals surface area contributed by atoms with Gasteiger partial charge in [0, 0.05) is 11.0 Å². The molecular formula is C17H18ClN3O2. The van der Waals surface area contributed by atoms with Gasteiger partial charge in [0.15, 0.2) is 5.82 Å². The molecule has 23 heavy (non-hydrogen) atoms. The maximum absolute atomic E-state index is 9.51. The molecule has 1 fully saturated rings. The number of benzene rings is 1. The molecule has 0 aliphatic heterocycles. The van der Waals surface area contributed by atoms with Crippen molar-refractivity contribution in [1.82, 2.24) is 4.98 Å². The van der Waals surface area contributed by atoms with Crippen molar-refractivity contribution in [2.24, 2.45) is 4.99 Å². The Labute approximate surface area is 139 Å². The van der Waals surface area contributed by atoms with Crippen LogP contribution in [0.3, 0.4) is 0 Å². The number of nitrogens with one attached hydrogen (secondary N) is 1. The number of aliphatic hydroxyl groups is 2. The number of rotatable bonds is 6. The van der Waals surface area contributed by atoms with E-state index in [9.17, 15) is 5.11 Å². The molecule has 0 amide bonds. The van der Waals surface area contributed by atoms with Crippen molar-refractivity contribution in [2.45, 2.75) is 18.3 Å². The highest BCUT2D eigenvalue weighted by molar-refractivity contribution is 6.33. The van der Waals surface area contributed by atoms with Crippen LogP contribution in [0.25, 0.3) is 11.3 Å². The standard InChI is InChI=1S/C17H18ClN3O2/c1-19-16-14(20-10-23)8-13(18)15(21-16)11-2-4-12(5-3-11)17(9-22)6-7-17/h2-5,8,20,22-23H,1,6-7,9-10H2. The minimum Gasteiger partial charge on any atom is -0.395 e. The third-order valence-electron chi connectivity index (χ3n) is 4.30. The number of aliphatic hydroxyl groups excluding tert-OH is 2. The topological polar surface area (TPSA) is 77.7 Å². The highest BCUT2D eigenvalue weighted by atomic mass is 35.5. The lowest BCUT2D eigenvalue weighted by atomic mass is 9.95. The van der Waals surface area contributed by atoms with Crippen LogP contribution in [0.15, 0.2) is 35.3 Å². The van der Waals surface area contributed by atoms with Crippen molar-refractivity contribution in [3.63, 3.8) is 0 Å². The number of halogens is 1. The van der Waals surface area contributed by atoms with Gasteiger partial charge in [0.1, 0.15) is 6.73 Å². The lowest BCUT2D eigenvalue weighted by molar-refractivity contribution is 0.255. The van der Waals surface area contributed by atoms with Crippen molar-refractivity contribution in [2.75, 3.05) is 18.7 Å². The highest BCUT2D eigenvalue weighted by Gasteiger charge is 2.43. The van der Waals surface area contributed by atoms with Gasteiger partial charge in [-0.15, -0.1) is 0 Å². The smallest absolute Gasteiger partial charge is 0.175 e. The van der Waals surface area contributed by atoms with Crippen LogP contribution in [0.5, 0.6) is 0 Å². The van der Waals surface area contributed by atoms with Gasteiger partial charge in [-0.3, -0.25) is 0 Å². The minimum absolute atomic E-state index is 0.0571. The number of hydrogen-bond donors (Lipinski definition) is 3. The summed E-state index contributed by atoms with van der Waals surface area (Å²) in [6, 6.07) is 9.60. The van der Waals surface area contributed by atoms with Crippen LogP contribution in [0.2, 0.25) is 5.02 Å². The van der Waals surface area contributed by atoms with Crippen molar-refractivity contribution in [3.8, 4) is 11.3 Å². The Hall–Kier alpha value is -1.95. The van der Waals surface area contributed by atoms with Crippen molar-refractivity contribution in [3.05, 3.63) is 40.9 Å². The van der Waals surface area contributed by atoms with E-state index in [2.05, 4.69) is 22.0 Å². The number of pyridine rings is 1. The van der Waals surface area contributed by atoms with E-state index >= 15 is 0 Å². The van der Waals surface area contributed by atoms with Crippen LogP contribution in [0.4, 0.5) is 11.5 Å². The summed E-state index contributed by atoms with van der Waals surface area (Å²) in [7, 11) is 0. The Morgan fingerprint density at radius 2 is 1.96 bits per heavy atom. The summed E-state index contributed by atoms with van der Waals surface area (Å²) in [5.41, 5.74) is 3.09. The predicted octanol–water partition coefficient (Wildman–Crippen LogP) is 3.12. The number of anilines is 1. The van der Waals surface area contributed by atoms with Gasteiger partial charge in [0.05, 0.1) is 23.0 Å². The molecule has 0 saturated heterocycles. The second kappa shape index (κ2) is 6.28. The first-order valence-electron chi connectivity index (χ1n) is 7.37. The maximum atomic E-state index is 9.51. The molecule has 0 unspecified atom stereocenters. The molecule has 1 heterocycles. The van der Waals surface area contributed by atoms with Crippen molar-refractivity contribution < 1.29 is 10.2 Å². The lowest BCUT2D eigenvalue weighted by Crippen LogP contribution is -2.11. The summed E-state index contributed by atoms with van der Waals surface area (Å²) in [4.78, 5) is 8.29. The first-order chi connectivity index (χ1) is 11.1. The average Bonchev–Trinajstić information content (AvgIpc) is 3.37. The van der Waals surface area contributed by atoms with Crippen LogP contribution in [-0.4, -0.2) is 35.3 Å². The van der Waals surface area contributed by atoms with E-state index < -0.39 is 0 Å². The first kappa shape index (κ1) is 15.9. The van der Waals surface area contributed by atoms with Gasteiger partial charge in [-0.25, -0.2) is 9.98 Å². The summed E-state index contributed by atoms with van der Waals surface area (Å²) >= 11 is 6.31. The molecule has 2 aromatic rings. The van der Waals surface area contributed by atoms with Crippen LogP contribution in [0, 0.1) is 0 Å². The van der Waals surface area contributed by atoms with Crippen molar-refractivity contribution >= 4 is 29.8 Å². The second-order valence-corrected chi connectivity index (χ2v) is 6.11. The molecule has 0 spiro atoms. The second-order valence-electron chi connectivity index (χ2n) is 5.70. The van der Waals surface area contributed by atoms with E-state index in [4.69, 9.17) is 16.7 Å². The minimum atomic E-state index is -0.238. The Balaban J connectivity index is 1.96. The molecule has 3 N–H and O–H groups in total. The number of aliphatic imine (C=N–C) groups is 1. The third kappa shape index (κ3) is 2.95. The summed E-state index contributed by atoms with van der Waals surface area (Å²) < 4.78 is 0. The molecule has 0 radical (unpaired) electrons. The monoisotopic (exact) mass is 331 g/mol. The molecule has 1 aromatic heterocycles. The molecule has 3 rings (SSSR count). The summed E-state index contributed by atoms with van der Waals surface area (Å²) in [6.07, 6.45) is 2.04. The van der Waals surface area contributed by atoms with E-state index in [-0.39, 0.29) is 18.8 Å². The summed E-state index contributed by atoms with van der Waals surface area (Å²) in [5.74, 6) is 0.386. The molecule has 1 aliphatic carbocycles. The van der Waals surface area contributed by atoms with Gasteiger partial charge in [-0.1, -0.05) is 35.9 Å². The Morgan fingerprint density at radius 1 is 1.26 bits per heavy atom. The van der Waals surface area contributed by atoms with Gasteiger partial charge in [-0.05, 0) is 31.2 Å². The SMILES string of the molecule is C=Nc1nc(-c2ccc(C3(CO)CC3)cc2)c(Cl)cc1NCO. The largest absolute Gasteiger partial charge is 0.395 e. The van der Waals surface area contributed by atoms with Gasteiger partial charge in [0.25, 0.3) is 0 Å². The molecule has 6 heteroatoms. The zero-order valence-electron chi connectivity index (χ0n) is 12.6. The van der Waals surface area contributed by atoms with Crippen LogP contribution < -0.4 is 5.32 Å². The molecule has 1 aliphatic rings. The summed E-state index contributed by atoms with van der Waals surface area (Å²) in [6.45, 7) is 3.44. The van der Waals surface area contributed by atoms with E-state index in [0.717, 1.165) is 24.0 Å². The van der Waals surface area contributed by atoms with E-state index in [1.54, 1.807) is 6.07 Å². The number of nitrogens with zero attached hydrogens (tertiary/aromatic N) is 2. The molecule has 1 aromatic carbocycles. The first-order valence-corrected chi connectivity index (χ1v) is 7.75. The quantitative estimate of drug-likeness (QED) is 0.561. The lowest BCUT2D eigenvalue weighted by Gasteiger charge is -2.14. The predicted molar refractivity (Wildman–Crippen MR) is 92.6 cm³/mol. The zero-order valence-corrected chi connectivity index (χ0v) is 13.3. The van der Waals surface area contributed by atoms with Crippen LogP contribution >= 0.6 is 11.6 Å². The van der Waals surface area contributed by atoms with Crippen molar-refractivity contribution in [1.29, 1.82) is 0 Å². The Bertz CT molecular complexity index is 727. The van der Waals surface area contributed by atoms with Crippen LogP contribution in [-0.2, 0) is 5.41 Å². The van der Waals surface area contributed by atoms with Gasteiger partial charge in [-0.2, -0.15) is 0 Å². The van der Waals surface area contributed by atoms with Gasteiger partial charge >= 0.3 is 0 Å². The fourth-order valence-corrected chi connectivity index (χ4v) is 2.95. The van der Waals surface area contributed by atoms with E-state index in [1.807, 2.05) is 24.3 Å². The number of aromatic nitrogens is 1. The average molecular weight is 332 g/mol. The molecule has 0 atom stereocenters.